The number of carbonyl (C=O) groups is 1. The summed E-state index contributed by atoms with van der Waals surface area (Å²) in [5, 5.41) is 20.3. The van der Waals surface area contributed by atoms with E-state index in [1.807, 2.05) is 24.8 Å². The van der Waals surface area contributed by atoms with Crippen LogP contribution in [0.1, 0.15) is 36.9 Å². The van der Waals surface area contributed by atoms with Crippen LogP contribution in [0.3, 0.4) is 0 Å². The highest BCUT2D eigenvalue weighted by Gasteiger charge is 2.25. The Balaban J connectivity index is 3.19. The molecule has 0 bridgehead atoms. The molecule has 0 atom stereocenters. The van der Waals surface area contributed by atoms with Gasteiger partial charge in [-0.2, -0.15) is 5.26 Å². The summed E-state index contributed by atoms with van der Waals surface area (Å²) in [5.41, 5.74) is -0.0567. The number of anilines is 1. The molecule has 0 N–H and O–H groups in total. The second-order valence-electron chi connectivity index (χ2n) is 4.86. The molecule has 0 aliphatic carbocycles. The lowest BCUT2D eigenvalue weighted by atomic mass is 10.2. The molecule has 1 heterocycles. The molecule has 0 fully saturated rings. The first-order chi connectivity index (χ1) is 9.36. The first-order valence-corrected chi connectivity index (χ1v) is 7.09. The van der Waals surface area contributed by atoms with Gasteiger partial charge < -0.3 is 4.90 Å². The zero-order valence-corrected chi connectivity index (χ0v) is 12.6. The average molecular weight is 295 g/mol. The van der Waals surface area contributed by atoms with Crippen molar-refractivity contribution in [2.75, 3.05) is 18.0 Å². The minimum Gasteiger partial charge on any atom is -0.356 e. The van der Waals surface area contributed by atoms with E-state index in [1.165, 1.54) is 13.0 Å². The van der Waals surface area contributed by atoms with E-state index in [9.17, 15) is 14.9 Å². The summed E-state index contributed by atoms with van der Waals surface area (Å²) in [4.78, 5) is 24.3. The highest BCUT2D eigenvalue weighted by Crippen LogP contribution is 2.38. The highest BCUT2D eigenvalue weighted by molar-refractivity contribution is 7.18. The summed E-state index contributed by atoms with van der Waals surface area (Å²) in [5.74, 6) is 0.116. The number of nitrogens with zero attached hydrogens (tertiary/aromatic N) is 3. The molecule has 1 rings (SSSR count). The zero-order chi connectivity index (χ0) is 15.3. The van der Waals surface area contributed by atoms with Crippen LogP contribution >= 0.6 is 11.3 Å². The third kappa shape index (κ3) is 4.03. The molecule has 20 heavy (non-hydrogen) atoms. The molecule has 0 saturated heterocycles. The van der Waals surface area contributed by atoms with Crippen LogP contribution in [0.5, 0.6) is 0 Å². The number of ketones is 1. The van der Waals surface area contributed by atoms with Gasteiger partial charge in [0.2, 0.25) is 0 Å². The number of Topliss-reactive ketones (excluding diaryl/α,β-unsaturated/α-hetero) is 1. The Bertz CT molecular complexity index is 546. The average Bonchev–Trinajstić information content (AvgIpc) is 2.79. The summed E-state index contributed by atoms with van der Waals surface area (Å²) >= 11 is 1.12. The Morgan fingerprint density at radius 2 is 2.25 bits per heavy atom. The van der Waals surface area contributed by atoms with Crippen molar-refractivity contribution in [3.05, 3.63) is 21.1 Å². The monoisotopic (exact) mass is 295 g/mol. The van der Waals surface area contributed by atoms with Crippen LogP contribution in [0.15, 0.2) is 6.07 Å². The van der Waals surface area contributed by atoms with Crippen LogP contribution < -0.4 is 4.90 Å². The van der Waals surface area contributed by atoms with Gasteiger partial charge in [0.15, 0.2) is 10.8 Å². The number of nitriles is 1. The molecule has 1 aromatic heterocycles. The molecule has 0 saturated carbocycles. The van der Waals surface area contributed by atoms with Gasteiger partial charge >= 0.3 is 5.69 Å². The van der Waals surface area contributed by atoms with Crippen molar-refractivity contribution in [1.29, 1.82) is 5.26 Å². The molecule has 0 radical (unpaired) electrons. The third-order valence-corrected chi connectivity index (χ3v) is 3.89. The fourth-order valence-electron chi connectivity index (χ4n) is 1.80. The Hall–Kier alpha value is -1.94. The van der Waals surface area contributed by atoms with Gasteiger partial charge in [0.05, 0.1) is 22.3 Å². The fraction of sp³-hybridized carbons (Fsp3) is 0.538. The quantitative estimate of drug-likeness (QED) is 0.438. The van der Waals surface area contributed by atoms with E-state index in [0.717, 1.165) is 11.3 Å². The van der Waals surface area contributed by atoms with Crippen molar-refractivity contribution in [2.45, 2.75) is 27.2 Å². The van der Waals surface area contributed by atoms with Gasteiger partial charge in [-0.15, -0.1) is 11.3 Å². The van der Waals surface area contributed by atoms with E-state index in [0.29, 0.717) is 28.9 Å². The Morgan fingerprint density at radius 3 is 2.70 bits per heavy atom. The number of nitro groups is 1. The molecule has 1 aromatic rings. The Morgan fingerprint density at radius 1 is 1.60 bits per heavy atom. The smallest absolute Gasteiger partial charge is 0.304 e. The molecule has 108 valence electrons. The van der Waals surface area contributed by atoms with E-state index >= 15 is 0 Å². The van der Waals surface area contributed by atoms with Gasteiger partial charge in [-0.25, -0.2) is 0 Å². The van der Waals surface area contributed by atoms with Crippen LogP contribution in [-0.4, -0.2) is 23.8 Å². The molecule has 6 nitrogen and oxygen atoms in total. The standard InChI is InChI=1S/C13H17N3O3S/c1-9(2)8-15(6-4-5-14)13-11(16(18)19)7-12(20-13)10(3)17/h7,9H,4,6,8H2,1-3H3. The van der Waals surface area contributed by atoms with Crippen molar-refractivity contribution in [3.8, 4) is 6.07 Å². The number of rotatable bonds is 7. The van der Waals surface area contributed by atoms with Gasteiger partial charge in [-0.05, 0) is 12.8 Å². The summed E-state index contributed by atoms with van der Waals surface area (Å²) in [7, 11) is 0. The predicted molar refractivity (Wildman–Crippen MR) is 78.3 cm³/mol. The summed E-state index contributed by atoms with van der Waals surface area (Å²) < 4.78 is 0. The lowest BCUT2D eigenvalue weighted by Crippen LogP contribution is -2.28. The first kappa shape index (κ1) is 16.1. The van der Waals surface area contributed by atoms with Crippen LogP contribution in [0.25, 0.3) is 0 Å². The van der Waals surface area contributed by atoms with E-state index in [-0.39, 0.29) is 17.9 Å². The fourth-order valence-corrected chi connectivity index (χ4v) is 2.86. The Labute approximate surface area is 121 Å². The van der Waals surface area contributed by atoms with E-state index in [1.54, 1.807) is 0 Å². The van der Waals surface area contributed by atoms with Crippen molar-refractivity contribution >= 4 is 27.8 Å². The molecule has 0 aliphatic rings. The van der Waals surface area contributed by atoms with E-state index < -0.39 is 4.92 Å². The van der Waals surface area contributed by atoms with Gasteiger partial charge in [0.25, 0.3) is 0 Å². The minimum atomic E-state index is -0.474. The predicted octanol–water partition coefficient (Wildman–Crippen LogP) is 3.23. The SMILES string of the molecule is CC(=O)c1cc([N+](=O)[O-])c(N(CCC#N)CC(C)C)s1. The number of carbonyl (C=O) groups excluding carboxylic acids is 1. The number of hydrogen-bond acceptors (Lipinski definition) is 6. The lowest BCUT2D eigenvalue weighted by molar-refractivity contribution is -0.383. The van der Waals surface area contributed by atoms with Gasteiger partial charge in [-0.3, -0.25) is 14.9 Å². The molecular weight excluding hydrogens is 278 g/mol. The van der Waals surface area contributed by atoms with Crippen LogP contribution in [0.2, 0.25) is 0 Å². The summed E-state index contributed by atoms with van der Waals surface area (Å²) in [6, 6.07) is 3.37. The maximum absolute atomic E-state index is 11.4. The molecule has 0 unspecified atom stereocenters. The first-order valence-electron chi connectivity index (χ1n) is 6.27. The third-order valence-electron chi connectivity index (χ3n) is 2.60. The van der Waals surface area contributed by atoms with E-state index in [2.05, 4.69) is 0 Å². The van der Waals surface area contributed by atoms with Crippen molar-refractivity contribution in [3.63, 3.8) is 0 Å². The topological polar surface area (TPSA) is 87.2 Å². The summed E-state index contributed by atoms with van der Waals surface area (Å²) in [6.45, 7) is 6.44. The largest absolute Gasteiger partial charge is 0.356 e. The number of thiophene rings is 1. The van der Waals surface area contributed by atoms with Gasteiger partial charge in [0.1, 0.15) is 0 Å². The second kappa shape index (κ2) is 7.01. The van der Waals surface area contributed by atoms with Crippen LogP contribution in [-0.2, 0) is 0 Å². The normalized spacial score (nSPS) is 10.3. The van der Waals surface area contributed by atoms with Gasteiger partial charge in [0, 0.05) is 19.2 Å². The molecule has 7 heteroatoms. The molecule has 0 amide bonds. The van der Waals surface area contributed by atoms with E-state index in [4.69, 9.17) is 5.26 Å². The minimum absolute atomic E-state index is 0.0567. The van der Waals surface area contributed by atoms with Crippen LogP contribution in [0, 0.1) is 27.4 Å². The second-order valence-corrected chi connectivity index (χ2v) is 5.89. The lowest BCUT2D eigenvalue weighted by Gasteiger charge is -2.23. The van der Waals surface area contributed by atoms with Crippen molar-refractivity contribution in [2.24, 2.45) is 5.92 Å². The number of hydrogen-bond donors (Lipinski definition) is 0. The van der Waals surface area contributed by atoms with Crippen LogP contribution in [0.4, 0.5) is 10.7 Å². The highest BCUT2D eigenvalue weighted by atomic mass is 32.1. The maximum Gasteiger partial charge on any atom is 0.304 e. The van der Waals surface area contributed by atoms with Crippen molar-refractivity contribution in [1.82, 2.24) is 0 Å². The van der Waals surface area contributed by atoms with Gasteiger partial charge in [-0.1, -0.05) is 13.8 Å². The molecule has 0 aromatic carbocycles. The molecular formula is C13H17N3O3S. The zero-order valence-electron chi connectivity index (χ0n) is 11.8. The molecule has 0 spiro atoms. The summed E-state index contributed by atoms with van der Waals surface area (Å²) in [6.07, 6.45) is 0.289. The Kier molecular flexibility index (Phi) is 5.65. The maximum atomic E-state index is 11.4. The molecule has 0 aliphatic heterocycles. The van der Waals surface area contributed by atoms with Crippen molar-refractivity contribution < 1.29 is 9.72 Å².